The number of nitrogens with one attached hydrogen (secondary N) is 1. The first-order valence-corrected chi connectivity index (χ1v) is 11.6. The smallest absolute Gasteiger partial charge is 0.308 e. The van der Waals surface area contributed by atoms with Crippen molar-refractivity contribution in [3.05, 3.63) is 94.5 Å². The zero-order valence-electron chi connectivity index (χ0n) is 17.2. The Balaban J connectivity index is 1.52. The number of halogens is 3. The first-order valence-electron chi connectivity index (χ1n) is 10.2. The fourth-order valence-corrected chi connectivity index (χ4v) is 5.82. The molecule has 0 aliphatic carbocycles. The van der Waals surface area contributed by atoms with Gasteiger partial charge in [0.1, 0.15) is 11.6 Å². The summed E-state index contributed by atoms with van der Waals surface area (Å²) in [7, 11) is 0. The average Bonchev–Trinajstić information content (AvgIpc) is 3.34. The minimum Gasteiger partial charge on any atom is -0.308 e. The van der Waals surface area contributed by atoms with E-state index in [0.29, 0.717) is 34.3 Å². The molecular formula is C24H18ClF2N3O2S. The second kappa shape index (κ2) is 8.35. The standard InChI is InChI=1S/C24H18ClF2N3O2S/c25-16-3-8-19(9-4-16)28-23(32)30-11-12-33-24(30)20-13-18(27)7-10-21(20)29(22(24)31)14-15-1-5-17(26)6-2-15/h1-10,13H,11-12,14H2,(H,28,32)/t24-/m0/s1. The Morgan fingerprint density at radius 1 is 1.03 bits per heavy atom. The molecule has 2 aliphatic rings. The quantitative estimate of drug-likeness (QED) is 0.525. The largest absolute Gasteiger partial charge is 0.323 e. The van der Waals surface area contributed by atoms with Gasteiger partial charge in [-0.2, -0.15) is 0 Å². The van der Waals surface area contributed by atoms with E-state index < -0.39 is 16.7 Å². The number of carbonyl (C=O) groups is 2. The summed E-state index contributed by atoms with van der Waals surface area (Å²) in [5.74, 6) is -0.682. The maximum Gasteiger partial charge on any atom is 0.323 e. The molecule has 33 heavy (non-hydrogen) atoms. The lowest BCUT2D eigenvalue weighted by Crippen LogP contribution is -2.51. The van der Waals surface area contributed by atoms with Gasteiger partial charge in [0.15, 0.2) is 4.87 Å². The third kappa shape index (κ3) is 3.73. The Hall–Kier alpha value is -3.10. The van der Waals surface area contributed by atoms with Gasteiger partial charge in [-0.1, -0.05) is 23.7 Å². The van der Waals surface area contributed by atoms with E-state index in [2.05, 4.69) is 5.32 Å². The molecule has 1 spiro atoms. The van der Waals surface area contributed by atoms with Gasteiger partial charge in [0, 0.05) is 28.6 Å². The molecule has 3 aromatic carbocycles. The summed E-state index contributed by atoms with van der Waals surface area (Å²) in [6, 6.07) is 16.2. The van der Waals surface area contributed by atoms with Crippen molar-refractivity contribution < 1.29 is 18.4 Å². The van der Waals surface area contributed by atoms with E-state index in [1.807, 2.05) is 0 Å². The van der Waals surface area contributed by atoms with Crippen molar-refractivity contribution in [2.45, 2.75) is 11.4 Å². The van der Waals surface area contributed by atoms with Gasteiger partial charge < -0.3 is 10.2 Å². The third-order valence-electron chi connectivity index (χ3n) is 5.75. The van der Waals surface area contributed by atoms with Crippen molar-refractivity contribution in [1.29, 1.82) is 0 Å². The molecule has 9 heteroatoms. The molecule has 1 saturated heterocycles. The van der Waals surface area contributed by atoms with Crippen molar-refractivity contribution in [2.24, 2.45) is 0 Å². The topological polar surface area (TPSA) is 52.7 Å². The van der Waals surface area contributed by atoms with Crippen LogP contribution >= 0.6 is 23.4 Å². The summed E-state index contributed by atoms with van der Waals surface area (Å²) >= 11 is 7.23. The number of amides is 3. The van der Waals surface area contributed by atoms with E-state index >= 15 is 0 Å². The number of anilines is 2. The Kier molecular flexibility index (Phi) is 5.50. The molecule has 0 saturated carbocycles. The highest BCUT2D eigenvalue weighted by atomic mass is 35.5. The molecule has 1 N–H and O–H groups in total. The van der Waals surface area contributed by atoms with E-state index in [1.165, 1.54) is 45.8 Å². The normalized spacial score (nSPS) is 19.3. The summed E-state index contributed by atoms with van der Waals surface area (Å²) in [6.45, 7) is 0.489. The molecular weight excluding hydrogens is 468 g/mol. The summed E-state index contributed by atoms with van der Waals surface area (Å²) in [5, 5.41) is 3.34. The van der Waals surface area contributed by atoms with Crippen LogP contribution in [0.2, 0.25) is 5.02 Å². The van der Waals surface area contributed by atoms with Crippen LogP contribution < -0.4 is 10.2 Å². The Labute approximate surface area is 198 Å². The number of benzene rings is 3. The molecule has 168 valence electrons. The lowest BCUT2D eigenvalue weighted by Gasteiger charge is -2.33. The number of rotatable bonds is 3. The van der Waals surface area contributed by atoms with E-state index in [0.717, 1.165) is 5.56 Å². The number of urea groups is 1. The highest BCUT2D eigenvalue weighted by Crippen LogP contribution is 2.54. The zero-order chi connectivity index (χ0) is 23.2. The molecule has 0 unspecified atom stereocenters. The lowest BCUT2D eigenvalue weighted by molar-refractivity contribution is -0.123. The van der Waals surface area contributed by atoms with Crippen molar-refractivity contribution in [3.63, 3.8) is 0 Å². The van der Waals surface area contributed by atoms with Gasteiger partial charge in [0.25, 0.3) is 5.91 Å². The van der Waals surface area contributed by atoms with Crippen LogP contribution in [-0.4, -0.2) is 29.1 Å². The van der Waals surface area contributed by atoms with Gasteiger partial charge in [-0.3, -0.25) is 9.69 Å². The molecule has 2 heterocycles. The fourth-order valence-electron chi connectivity index (χ4n) is 4.24. The van der Waals surface area contributed by atoms with Crippen LogP contribution in [0.5, 0.6) is 0 Å². The van der Waals surface area contributed by atoms with Crippen LogP contribution in [0, 0.1) is 11.6 Å². The van der Waals surface area contributed by atoms with Gasteiger partial charge in [-0.05, 0) is 60.2 Å². The van der Waals surface area contributed by atoms with E-state index in [1.54, 1.807) is 42.5 Å². The van der Waals surface area contributed by atoms with Gasteiger partial charge in [-0.25, -0.2) is 13.6 Å². The molecule has 5 nitrogen and oxygen atoms in total. The number of thioether (sulfide) groups is 1. The van der Waals surface area contributed by atoms with Crippen LogP contribution in [0.4, 0.5) is 25.0 Å². The molecule has 0 bridgehead atoms. The van der Waals surface area contributed by atoms with Crippen LogP contribution in [0.3, 0.4) is 0 Å². The van der Waals surface area contributed by atoms with Crippen molar-refractivity contribution >= 4 is 46.7 Å². The second-order valence-electron chi connectivity index (χ2n) is 7.76. The minimum atomic E-state index is -1.38. The SMILES string of the molecule is O=C(Nc1ccc(Cl)cc1)N1CCS[C@@]12C(=O)N(Cc1ccc(F)cc1)c1ccc(F)cc12. The van der Waals surface area contributed by atoms with E-state index in [9.17, 15) is 18.4 Å². The Bertz CT molecular complexity index is 1240. The Morgan fingerprint density at radius 3 is 2.45 bits per heavy atom. The number of nitrogens with zero attached hydrogens (tertiary/aromatic N) is 2. The molecule has 2 aliphatic heterocycles. The van der Waals surface area contributed by atoms with Gasteiger partial charge in [0.2, 0.25) is 0 Å². The summed E-state index contributed by atoms with van der Waals surface area (Å²) in [5.41, 5.74) is 2.22. The Morgan fingerprint density at radius 2 is 1.73 bits per heavy atom. The van der Waals surface area contributed by atoms with Gasteiger partial charge in [-0.15, -0.1) is 11.8 Å². The molecule has 3 amide bonds. The number of hydrogen-bond donors (Lipinski definition) is 1. The van der Waals surface area contributed by atoms with E-state index in [4.69, 9.17) is 11.6 Å². The first kappa shape index (κ1) is 21.7. The number of hydrogen-bond acceptors (Lipinski definition) is 3. The van der Waals surface area contributed by atoms with Crippen LogP contribution in [0.1, 0.15) is 11.1 Å². The highest BCUT2D eigenvalue weighted by Gasteiger charge is 2.59. The third-order valence-corrected chi connectivity index (χ3v) is 7.42. The highest BCUT2D eigenvalue weighted by molar-refractivity contribution is 8.01. The fraction of sp³-hybridized carbons (Fsp3) is 0.167. The second-order valence-corrected chi connectivity index (χ2v) is 9.48. The molecule has 1 fully saturated rings. The number of carbonyl (C=O) groups excluding carboxylic acids is 2. The first-order chi connectivity index (χ1) is 15.9. The molecule has 0 radical (unpaired) electrons. The molecule has 3 aromatic rings. The molecule has 0 aromatic heterocycles. The predicted octanol–water partition coefficient (Wildman–Crippen LogP) is 5.60. The summed E-state index contributed by atoms with van der Waals surface area (Å²) in [6.07, 6.45) is 0. The van der Waals surface area contributed by atoms with Gasteiger partial charge >= 0.3 is 6.03 Å². The van der Waals surface area contributed by atoms with E-state index in [-0.39, 0.29) is 18.3 Å². The zero-order valence-corrected chi connectivity index (χ0v) is 18.8. The van der Waals surface area contributed by atoms with Gasteiger partial charge in [0.05, 0.1) is 12.2 Å². The predicted molar refractivity (Wildman–Crippen MR) is 125 cm³/mol. The van der Waals surface area contributed by atoms with Crippen molar-refractivity contribution in [3.8, 4) is 0 Å². The summed E-state index contributed by atoms with van der Waals surface area (Å²) in [4.78, 5) is 28.7. The molecule has 5 rings (SSSR count). The van der Waals surface area contributed by atoms with Crippen LogP contribution in [-0.2, 0) is 16.2 Å². The maximum absolute atomic E-state index is 14.3. The maximum atomic E-state index is 14.3. The molecule has 1 atom stereocenters. The lowest BCUT2D eigenvalue weighted by atomic mass is 10.1. The van der Waals surface area contributed by atoms with Crippen LogP contribution in [0.15, 0.2) is 66.7 Å². The van der Waals surface area contributed by atoms with Crippen LogP contribution in [0.25, 0.3) is 0 Å². The number of fused-ring (bicyclic) bond motifs is 2. The summed E-state index contributed by atoms with van der Waals surface area (Å²) < 4.78 is 27.7. The average molecular weight is 486 g/mol. The minimum absolute atomic E-state index is 0.173. The van der Waals surface area contributed by atoms with Crippen molar-refractivity contribution in [2.75, 3.05) is 22.5 Å². The monoisotopic (exact) mass is 485 g/mol. The van der Waals surface area contributed by atoms with Crippen molar-refractivity contribution in [1.82, 2.24) is 4.90 Å².